The van der Waals surface area contributed by atoms with Crippen LogP contribution in [0.1, 0.15) is 22.8 Å². The quantitative estimate of drug-likeness (QED) is 0.484. The maximum Gasteiger partial charge on any atom is 0.276 e. The number of ether oxygens (including phenoxy) is 1. The molecule has 0 unspecified atom stereocenters. The molecule has 6 nitrogen and oxygen atoms in total. The summed E-state index contributed by atoms with van der Waals surface area (Å²) in [6.45, 7) is 3.04. The van der Waals surface area contributed by atoms with Crippen LogP contribution in [0.3, 0.4) is 0 Å². The van der Waals surface area contributed by atoms with Gasteiger partial charge >= 0.3 is 0 Å². The van der Waals surface area contributed by atoms with Gasteiger partial charge in [-0.25, -0.2) is 4.98 Å². The summed E-state index contributed by atoms with van der Waals surface area (Å²) < 4.78 is 5.52. The molecule has 1 aromatic carbocycles. The predicted octanol–water partition coefficient (Wildman–Crippen LogP) is 3.29. The third-order valence-electron chi connectivity index (χ3n) is 2.81. The molecule has 0 N–H and O–H groups in total. The van der Waals surface area contributed by atoms with Gasteiger partial charge in [0.25, 0.3) is 5.69 Å². The lowest BCUT2D eigenvalue weighted by molar-refractivity contribution is -0.385. The third-order valence-corrected chi connectivity index (χ3v) is 2.81. The zero-order valence-electron chi connectivity index (χ0n) is 11.0. The van der Waals surface area contributed by atoms with Crippen LogP contribution in [0, 0.1) is 17.0 Å². The second-order valence-electron chi connectivity index (χ2n) is 4.20. The van der Waals surface area contributed by atoms with Crippen LogP contribution in [0.5, 0.6) is 11.6 Å². The number of hydrogen-bond acceptors (Lipinski definition) is 5. The molecule has 1 aromatic heterocycles. The van der Waals surface area contributed by atoms with Crippen LogP contribution in [-0.4, -0.2) is 15.7 Å². The van der Waals surface area contributed by atoms with E-state index in [1.807, 2.05) is 0 Å². The van der Waals surface area contributed by atoms with E-state index in [-0.39, 0.29) is 17.4 Å². The number of ketones is 1. The molecule has 0 saturated heterocycles. The number of aromatic nitrogens is 1. The van der Waals surface area contributed by atoms with Gasteiger partial charge in [-0.15, -0.1) is 0 Å². The number of nitro groups is 1. The molecule has 0 atom stereocenters. The van der Waals surface area contributed by atoms with Gasteiger partial charge in [0, 0.05) is 23.9 Å². The number of nitrogens with zero attached hydrogens (tertiary/aromatic N) is 2. The van der Waals surface area contributed by atoms with E-state index in [0.717, 1.165) is 0 Å². The molecule has 0 bridgehead atoms. The Morgan fingerprint density at radius 2 is 2.10 bits per heavy atom. The molecular formula is C14H12N2O4. The molecular weight excluding hydrogens is 260 g/mol. The minimum Gasteiger partial charge on any atom is -0.438 e. The largest absolute Gasteiger partial charge is 0.438 e. The summed E-state index contributed by atoms with van der Waals surface area (Å²) in [6, 6.07) is 7.64. The summed E-state index contributed by atoms with van der Waals surface area (Å²) in [5.74, 6) is 0.460. The standard InChI is InChI=1S/C14H12N2O4/c1-9-12(16(18)19)4-3-5-13(9)20-14-8-11(10(2)17)6-7-15-14/h3-8H,1-2H3. The summed E-state index contributed by atoms with van der Waals surface area (Å²) >= 11 is 0. The van der Waals surface area contributed by atoms with E-state index in [1.165, 1.54) is 31.3 Å². The predicted molar refractivity (Wildman–Crippen MR) is 72.1 cm³/mol. The van der Waals surface area contributed by atoms with Crippen molar-refractivity contribution in [3.05, 3.63) is 57.8 Å². The Hall–Kier alpha value is -2.76. The van der Waals surface area contributed by atoms with E-state index >= 15 is 0 Å². The number of hydrogen-bond donors (Lipinski definition) is 0. The van der Waals surface area contributed by atoms with Gasteiger partial charge in [0.1, 0.15) is 5.75 Å². The smallest absolute Gasteiger partial charge is 0.276 e. The van der Waals surface area contributed by atoms with E-state index in [9.17, 15) is 14.9 Å². The van der Waals surface area contributed by atoms with Crippen LogP contribution in [0.15, 0.2) is 36.5 Å². The summed E-state index contributed by atoms with van der Waals surface area (Å²) in [5.41, 5.74) is 0.857. The minimum atomic E-state index is -0.471. The van der Waals surface area contributed by atoms with Gasteiger partial charge < -0.3 is 4.74 Å². The first-order valence-corrected chi connectivity index (χ1v) is 5.88. The number of carbonyl (C=O) groups is 1. The van der Waals surface area contributed by atoms with Crippen molar-refractivity contribution in [3.8, 4) is 11.6 Å². The molecule has 0 fully saturated rings. The van der Waals surface area contributed by atoms with Crippen molar-refractivity contribution < 1.29 is 14.5 Å². The van der Waals surface area contributed by atoms with E-state index in [0.29, 0.717) is 16.9 Å². The van der Waals surface area contributed by atoms with Crippen molar-refractivity contribution in [2.24, 2.45) is 0 Å². The summed E-state index contributed by atoms with van der Waals surface area (Å²) in [5, 5.41) is 10.9. The summed E-state index contributed by atoms with van der Waals surface area (Å²) in [7, 11) is 0. The van der Waals surface area contributed by atoms with Crippen LogP contribution in [0.25, 0.3) is 0 Å². The number of nitro benzene ring substituents is 1. The average molecular weight is 272 g/mol. The van der Waals surface area contributed by atoms with Crippen molar-refractivity contribution in [1.82, 2.24) is 4.98 Å². The van der Waals surface area contributed by atoms with Gasteiger partial charge in [0.15, 0.2) is 5.78 Å². The van der Waals surface area contributed by atoms with Gasteiger partial charge in [-0.1, -0.05) is 6.07 Å². The van der Waals surface area contributed by atoms with E-state index in [1.54, 1.807) is 19.1 Å². The zero-order valence-corrected chi connectivity index (χ0v) is 11.0. The summed E-state index contributed by atoms with van der Waals surface area (Å²) in [4.78, 5) is 25.7. The Kier molecular flexibility index (Phi) is 3.74. The highest BCUT2D eigenvalue weighted by Gasteiger charge is 2.15. The van der Waals surface area contributed by atoms with Gasteiger partial charge in [-0.3, -0.25) is 14.9 Å². The molecule has 102 valence electrons. The Balaban J connectivity index is 2.35. The molecule has 2 aromatic rings. The van der Waals surface area contributed by atoms with Gasteiger partial charge in [-0.05, 0) is 26.0 Å². The lowest BCUT2D eigenvalue weighted by atomic mass is 10.2. The molecule has 0 aliphatic rings. The lowest BCUT2D eigenvalue weighted by Gasteiger charge is -2.08. The first-order valence-electron chi connectivity index (χ1n) is 5.88. The fourth-order valence-corrected chi connectivity index (χ4v) is 1.71. The first-order chi connectivity index (χ1) is 9.49. The van der Waals surface area contributed by atoms with Crippen molar-refractivity contribution in [2.45, 2.75) is 13.8 Å². The monoisotopic (exact) mass is 272 g/mol. The zero-order chi connectivity index (χ0) is 14.7. The molecule has 0 aliphatic carbocycles. The molecule has 0 aliphatic heterocycles. The number of pyridine rings is 1. The molecule has 20 heavy (non-hydrogen) atoms. The molecule has 0 spiro atoms. The highest BCUT2D eigenvalue weighted by Crippen LogP contribution is 2.30. The van der Waals surface area contributed by atoms with E-state index in [2.05, 4.69) is 4.98 Å². The van der Waals surface area contributed by atoms with Crippen LogP contribution in [0.2, 0.25) is 0 Å². The molecule has 1 heterocycles. The fourth-order valence-electron chi connectivity index (χ4n) is 1.71. The SMILES string of the molecule is CC(=O)c1ccnc(Oc2cccc([N+](=O)[O-])c2C)c1. The topological polar surface area (TPSA) is 82.3 Å². The molecule has 0 saturated carbocycles. The first kappa shape index (κ1) is 13.7. The number of benzene rings is 1. The number of Topliss-reactive ketones (excluding diaryl/α,β-unsaturated/α-hetero) is 1. The van der Waals surface area contributed by atoms with Crippen LogP contribution < -0.4 is 4.74 Å². The molecule has 6 heteroatoms. The minimum absolute atomic E-state index is 0.0229. The fraction of sp³-hybridized carbons (Fsp3) is 0.143. The molecule has 0 amide bonds. The molecule has 0 radical (unpaired) electrons. The maximum atomic E-state index is 11.3. The Morgan fingerprint density at radius 1 is 1.35 bits per heavy atom. The number of rotatable bonds is 4. The average Bonchev–Trinajstić information content (AvgIpc) is 2.41. The van der Waals surface area contributed by atoms with Crippen molar-refractivity contribution in [2.75, 3.05) is 0 Å². The highest BCUT2D eigenvalue weighted by atomic mass is 16.6. The summed E-state index contributed by atoms with van der Waals surface area (Å²) in [6.07, 6.45) is 1.46. The van der Waals surface area contributed by atoms with Crippen molar-refractivity contribution >= 4 is 11.5 Å². The highest BCUT2D eigenvalue weighted by molar-refractivity contribution is 5.94. The van der Waals surface area contributed by atoms with Gasteiger partial charge in [-0.2, -0.15) is 0 Å². The number of carbonyl (C=O) groups excluding carboxylic acids is 1. The van der Waals surface area contributed by atoms with E-state index in [4.69, 9.17) is 4.74 Å². The second kappa shape index (κ2) is 5.48. The van der Waals surface area contributed by atoms with Gasteiger partial charge in [0.2, 0.25) is 5.88 Å². The third kappa shape index (κ3) is 2.80. The van der Waals surface area contributed by atoms with E-state index < -0.39 is 4.92 Å². The Labute approximate surface area is 115 Å². The van der Waals surface area contributed by atoms with Crippen molar-refractivity contribution in [1.29, 1.82) is 0 Å². The lowest BCUT2D eigenvalue weighted by Crippen LogP contribution is -1.97. The second-order valence-corrected chi connectivity index (χ2v) is 4.20. The van der Waals surface area contributed by atoms with Crippen molar-refractivity contribution in [3.63, 3.8) is 0 Å². The van der Waals surface area contributed by atoms with Crippen LogP contribution in [0.4, 0.5) is 5.69 Å². The molecule has 2 rings (SSSR count). The Morgan fingerprint density at radius 3 is 2.75 bits per heavy atom. The van der Waals surface area contributed by atoms with Crippen LogP contribution >= 0.6 is 0 Å². The Bertz CT molecular complexity index is 683. The van der Waals surface area contributed by atoms with Gasteiger partial charge in [0.05, 0.1) is 10.5 Å². The maximum absolute atomic E-state index is 11.3. The normalized spacial score (nSPS) is 10.1. The van der Waals surface area contributed by atoms with Crippen LogP contribution in [-0.2, 0) is 0 Å².